The number of hydrogen-bond acceptors (Lipinski definition) is 2. The molecule has 3 unspecified atom stereocenters. The van der Waals surface area contributed by atoms with Crippen molar-refractivity contribution in [3.63, 3.8) is 0 Å². The summed E-state index contributed by atoms with van der Waals surface area (Å²) in [6.07, 6.45) is 1.18. The summed E-state index contributed by atoms with van der Waals surface area (Å²) in [5.74, 6) is 0.625. The van der Waals surface area contributed by atoms with Gasteiger partial charge in [0.2, 0.25) is 0 Å². The highest BCUT2D eigenvalue weighted by molar-refractivity contribution is 4.94. The van der Waals surface area contributed by atoms with Gasteiger partial charge in [0.05, 0.1) is 12.1 Å². The standard InChI is InChI=1S/C10H17F2NO/c1-6(10(11)12)13-8-4-5-14-9(8)7-2-3-7/h6-10,13H,2-5H2,1H3. The van der Waals surface area contributed by atoms with E-state index in [1.54, 1.807) is 0 Å². The first-order chi connectivity index (χ1) is 6.68. The molecule has 82 valence electrons. The van der Waals surface area contributed by atoms with Gasteiger partial charge < -0.3 is 10.1 Å². The van der Waals surface area contributed by atoms with Crippen LogP contribution in [-0.4, -0.2) is 31.2 Å². The maximum absolute atomic E-state index is 12.3. The molecule has 2 rings (SSSR count). The summed E-state index contributed by atoms with van der Waals surface area (Å²) in [6.45, 7) is 2.25. The number of hydrogen-bond donors (Lipinski definition) is 1. The molecule has 0 bridgehead atoms. The van der Waals surface area contributed by atoms with Crippen LogP contribution in [-0.2, 0) is 4.74 Å². The normalized spacial score (nSPS) is 35.1. The lowest BCUT2D eigenvalue weighted by molar-refractivity contribution is 0.0617. The molecule has 1 aliphatic carbocycles. The van der Waals surface area contributed by atoms with Crippen molar-refractivity contribution in [2.45, 2.75) is 50.8 Å². The van der Waals surface area contributed by atoms with Crippen LogP contribution in [0.2, 0.25) is 0 Å². The molecule has 2 aliphatic rings. The van der Waals surface area contributed by atoms with Crippen LogP contribution in [0.3, 0.4) is 0 Å². The Morgan fingerprint density at radius 2 is 2.00 bits per heavy atom. The zero-order valence-electron chi connectivity index (χ0n) is 8.38. The highest BCUT2D eigenvalue weighted by atomic mass is 19.3. The average molecular weight is 205 g/mol. The Kier molecular flexibility index (Phi) is 3.02. The monoisotopic (exact) mass is 205 g/mol. The van der Waals surface area contributed by atoms with Crippen LogP contribution in [0.4, 0.5) is 8.78 Å². The van der Waals surface area contributed by atoms with E-state index in [9.17, 15) is 8.78 Å². The van der Waals surface area contributed by atoms with Crippen LogP contribution in [0.25, 0.3) is 0 Å². The minimum Gasteiger partial charge on any atom is -0.376 e. The van der Waals surface area contributed by atoms with Gasteiger partial charge in [0.1, 0.15) is 0 Å². The smallest absolute Gasteiger partial charge is 0.253 e. The van der Waals surface area contributed by atoms with Gasteiger partial charge in [-0.25, -0.2) is 8.78 Å². The largest absolute Gasteiger partial charge is 0.376 e. The Morgan fingerprint density at radius 3 is 2.57 bits per heavy atom. The SMILES string of the molecule is CC(NC1CCOC1C1CC1)C(F)F. The molecular formula is C10H17F2NO. The summed E-state index contributed by atoms with van der Waals surface area (Å²) >= 11 is 0. The molecule has 2 nitrogen and oxygen atoms in total. The first-order valence-electron chi connectivity index (χ1n) is 5.34. The number of ether oxygens (including phenoxy) is 1. The van der Waals surface area contributed by atoms with Gasteiger partial charge in [-0.1, -0.05) is 0 Å². The van der Waals surface area contributed by atoms with Crippen molar-refractivity contribution in [3.8, 4) is 0 Å². The summed E-state index contributed by atoms with van der Waals surface area (Å²) in [5, 5.41) is 2.97. The fourth-order valence-electron chi connectivity index (χ4n) is 2.09. The Morgan fingerprint density at radius 1 is 1.29 bits per heavy atom. The molecule has 1 N–H and O–H groups in total. The summed E-state index contributed by atoms with van der Waals surface area (Å²) in [6, 6.07) is -0.575. The van der Waals surface area contributed by atoms with Gasteiger partial charge in [0.15, 0.2) is 0 Å². The van der Waals surface area contributed by atoms with Crippen LogP contribution >= 0.6 is 0 Å². The van der Waals surface area contributed by atoms with E-state index in [4.69, 9.17) is 4.74 Å². The highest BCUT2D eigenvalue weighted by Gasteiger charge is 2.41. The number of rotatable bonds is 4. The first-order valence-corrected chi connectivity index (χ1v) is 5.34. The Labute approximate surface area is 83.0 Å². The van der Waals surface area contributed by atoms with Crippen LogP contribution in [0.1, 0.15) is 26.2 Å². The molecule has 0 radical (unpaired) electrons. The topological polar surface area (TPSA) is 21.3 Å². The molecule has 0 aromatic heterocycles. The summed E-state index contributed by atoms with van der Waals surface area (Å²) < 4.78 is 30.2. The molecule has 1 heterocycles. The van der Waals surface area contributed by atoms with E-state index in [2.05, 4.69) is 5.32 Å². The molecule has 3 atom stereocenters. The lowest BCUT2D eigenvalue weighted by Gasteiger charge is -2.23. The Hall–Kier alpha value is -0.220. The molecule has 4 heteroatoms. The predicted molar refractivity (Wildman–Crippen MR) is 49.5 cm³/mol. The summed E-state index contributed by atoms with van der Waals surface area (Å²) in [7, 11) is 0. The van der Waals surface area contributed by atoms with Gasteiger partial charge in [0.25, 0.3) is 6.43 Å². The minimum absolute atomic E-state index is 0.145. The van der Waals surface area contributed by atoms with Crippen molar-refractivity contribution in [1.29, 1.82) is 0 Å². The molecule has 1 aliphatic heterocycles. The van der Waals surface area contributed by atoms with Crippen LogP contribution in [0.5, 0.6) is 0 Å². The summed E-state index contributed by atoms with van der Waals surface area (Å²) in [4.78, 5) is 0. The summed E-state index contributed by atoms with van der Waals surface area (Å²) in [5.41, 5.74) is 0. The molecule has 2 fully saturated rings. The van der Waals surface area contributed by atoms with Gasteiger partial charge >= 0.3 is 0 Å². The quantitative estimate of drug-likeness (QED) is 0.755. The maximum Gasteiger partial charge on any atom is 0.253 e. The van der Waals surface area contributed by atoms with Crippen LogP contribution < -0.4 is 5.32 Å². The fourth-order valence-corrected chi connectivity index (χ4v) is 2.09. The van der Waals surface area contributed by atoms with E-state index in [1.807, 2.05) is 0 Å². The van der Waals surface area contributed by atoms with Crippen LogP contribution in [0.15, 0.2) is 0 Å². The van der Waals surface area contributed by atoms with Gasteiger partial charge in [-0.05, 0) is 32.1 Å². The molecule has 0 spiro atoms. The zero-order valence-corrected chi connectivity index (χ0v) is 8.38. The van der Waals surface area contributed by atoms with Crippen molar-refractivity contribution >= 4 is 0 Å². The number of halogens is 2. The van der Waals surface area contributed by atoms with Gasteiger partial charge in [-0.2, -0.15) is 0 Å². The molecule has 1 saturated carbocycles. The van der Waals surface area contributed by atoms with Gasteiger partial charge in [-0.15, -0.1) is 0 Å². The van der Waals surface area contributed by atoms with E-state index in [1.165, 1.54) is 19.8 Å². The van der Waals surface area contributed by atoms with E-state index in [0.29, 0.717) is 5.92 Å². The number of alkyl halides is 2. The zero-order chi connectivity index (χ0) is 10.1. The fraction of sp³-hybridized carbons (Fsp3) is 1.00. The molecular weight excluding hydrogens is 188 g/mol. The third-order valence-electron chi connectivity index (χ3n) is 3.08. The minimum atomic E-state index is -2.28. The lowest BCUT2D eigenvalue weighted by atomic mass is 10.1. The third-order valence-corrected chi connectivity index (χ3v) is 3.08. The molecule has 0 aromatic carbocycles. The van der Waals surface area contributed by atoms with E-state index in [-0.39, 0.29) is 12.1 Å². The molecule has 0 amide bonds. The maximum atomic E-state index is 12.3. The lowest BCUT2D eigenvalue weighted by Crippen LogP contribution is -2.45. The Bertz CT molecular complexity index is 197. The second kappa shape index (κ2) is 4.11. The first kappa shape index (κ1) is 10.3. The van der Waals surface area contributed by atoms with Gasteiger partial charge in [-0.3, -0.25) is 0 Å². The van der Waals surface area contributed by atoms with Gasteiger partial charge in [0, 0.05) is 12.6 Å². The van der Waals surface area contributed by atoms with Crippen molar-refractivity contribution in [1.82, 2.24) is 5.32 Å². The predicted octanol–water partition coefficient (Wildman–Crippen LogP) is 1.80. The van der Waals surface area contributed by atoms with E-state index in [0.717, 1.165) is 13.0 Å². The molecule has 14 heavy (non-hydrogen) atoms. The van der Waals surface area contributed by atoms with Crippen LogP contribution in [0, 0.1) is 5.92 Å². The highest BCUT2D eigenvalue weighted by Crippen LogP contribution is 2.38. The third kappa shape index (κ3) is 2.23. The van der Waals surface area contributed by atoms with E-state index < -0.39 is 12.5 Å². The second-order valence-corrected chi connectivity index (χ2v) is 4.36. The Balaban J connectivity index is 1.83. The van der Waals surface area contributed by atoms with E-state index >= 15 is 0 Å². The average Bonchev–Trinajstić information content (AvgIpc) is 2.88. The second-order valence-electron chi connectivity index (χ2n) is 4.36. The molecule has 0 aromatic rings. The number of nitrogens with one attached hydrogen (secondary N) is 1. The van der Waals surface area contributed by atoms with Crippen molar-refractivity contribution in [2.75, 3.05) is 6.61 Å². The van der Waals surface area contributed by atoms with Crippen molar-refractivity contribution in [2.24, 2.45) is 5.92 Å². The van der Waals surface area contributed by atoms with Crippen molar-refractivity contribution in [3.05, 3.63) is 0 Å². The van der Waals surface area contributed by atoms with Crippen molar-refractivity contribution < 1.29 is 13.5 Å². The molecule has 1 saturated heterocycles.